The van der Waals surface area contributed by atoms with Gasteiger partial charge in [0.1, 0.15) is 0 Å². The van der Waals surface area contributed by atoms with Crippen molar-refractivity contribution in [2.45, 2.75) is 16.6 Å². The third kappa shape index (κ3) is 4.08. The number of nitrogens with one attached hydrogen (secondary N) is 1. The van der Waals surface area contributed by atoms with Gasteiger partial charge in [0, 0.05) is 16.3 Å². The molecule has 1 fully saturated rings. The van der Waals surface area contributed by atoms with E-state index in [4.69, 9.17) is 11.6 Å². The van der Waals surface area contributed by atoms with Crippen LogP contribution in [0.5, 0.6) is 0 Å². The first-order chi connectivity index (χ1) is 12.2. The lowest BCUT2D eigenvalue weighted by Crippen LogP contribution is -2.23. The highest BCUT2D eigenvalue weighted by Crippen LogP contribution is 2.26. The Kier molecular flexibility index (Phi) is 5.09. The van der Waals surface area contributed by atoms with E-state index < -0.39 is 30.8 Å². The summed E-state index contributed by atoms with van der Waals surface area (Å²) >= 11 is 5.88. The van der Waals surface area contributed by atoms with Crippen LogP contribution in [0.3, 0.4) is 0 Å². The quantitative estimate of drug-likeness (QED) is 0.830. The monoisotopic (exact) mass is 413 g/mol. The molecule has 0 bridgehead atoms. The molecule has 1 aliphatic heterocycles. The topological polar surface area (TPSA) is 97.4 Å². The van der Waals surface area contributed by atoms with Crippen molar-refractivity contribution >= 4 is 42.9 Å². The molecule has 138 valence electrons. The Bertz CT molecular complexity index is 1060. The summed E-state index contributed by atoms with van der Waals surface area (Å²) in [6.45, 7) is 0. The average Bonchev–Trinajstić information content (AvgIpc) is 2.96. The molecule has 6 nitrogen and oxygen atoms in total. The average molecular weight is 414 g/mol. The Hall–Kier alpha value is -1.90. The van der Waals surface area contributed by atoms with Crippen LogP contribution in [0.15, 0.2) is 53.4 Å². The summed E-state index contributed by atoms with van der Waals surface area (Å²) in [7, 11) is -7.15. The second-order valence-corrected chi connectivity index (χ2v) is 11.0. The summed E-state index contributed by atoms with van der Waals surface area (Å²) in [6, 6.07) is 12.2. The van der Waals surface area contributed by atoms with Gasteiger partial charge in [-0.1, -0.05) is 23.7 Å². The first-order valence-electron chi connectivity index (χ1n) is 7.79. The zero-order valence-electron chi connectivity index (χ0n) is 13.6. The van der Waals surface area contributed by atoms with Gasteiger partial charge in [0.05, 0.1) is 21.7 Å². The number of hydrogen-bond acceptors (Lipinski definition) is 5. The van der Waals surface area contributed by atoms with E-state index in [1.807, 2.05) is 0 Å². The molecule has 0 saturated carbocycles. The van der Waals surface area contributed by atoms with Gasteiger partial charge >= 0.3 is 0 Å². The molecule has 0 aromatic heterocycles. The van der Waals surface area contributed by atoms with Crippen LogP contribution in [-0.4, -0.2) is 39.5 Å². The van der Waals surface area contributed by atoms with Crippen LogP contribution in [0.1, 0.15) is 16.8 Å². The number of benzene rings is 2. The highest BCUT2D eigenvalue weighted by molar-refractivity contribution is 7.96. The largest absolute Gasteiger partial charge is 0.322 e. The summed E-state index contributed by atoms with van der Waals surface area (Å²) in [5.74, 6) is -0.997. The maximum atomic E-state index is 12.7. The summed E-state index contributed by atoms with van der Waals surface area (Å²) in [5, 5.41) is 2.13. The smallest absolute Gasteiger partial charge is 0.255 e. The maximum absolute atomic E-state index is 12.7. The van der Waals surface area contributed by atoms with Gasteiger partial charge in [-0.2, -0.15) is 0 Å². The van der Waals surface area contributed by atoms with Crippen molar-refractivity contribution in [2.24, 2.45) is 0 Å². The van der Waals surface area contributed by atoms with Gasteiger partial charge in [0.2, 0.25) is 0 Å². The third-order valence-corrected chi connectivity index (χ3v) is 8.54. The van der Waals surface area contributed by atoms with E-state index in [-0.39, 0.29) is 28.4 Å². The first-order valence-corrected chi connectivity index (χ1v) is 11.5. The van der Waals surface area contributed by atoms with E-state index in [1.54, 1.807) is 24.3 Å². The zero-order valence-corrected chi connectivity index (χ0v) is 15.9. The lowest BCUT2D eigenvalue weighted by atomic mass is 10.2. The van der Waals surface area contributed by atoms with Crippen molar-refractivity contribution in [3.8, 4) is 0 Å². The zero-order chi connectivity index (χ0) is 18.9. The van der Waals surface area contributed by atoms with Gasteiger partial charge in [0.15, 0.2) is 19.7 Å². The molecule has 3 rings (SSSR count). The van der Waals surface area contributed by atoms with Gasteiger partial charge in [-0.3, -0.25) is 4.79 Å². The number of carbonyl (C=O) groups excluding carboxylic acids is 1. The van der Waals surface area contributed by atoms with Gasteiger partial charge in [-0.05, 0) is 42.8 Å². The van der Waals surface area contributed by atoms with Crippen molar-refractivity contribution in [3.63, 3.8) is 0 Å². The maximum Gasteiger partial charge on any atom is 0.255 e. The standard InChI is InChI=1S/C17H16ClNO5S2/c18-13-4-2-5-14(10-13)19-17(20)12-3-1-6-15(9-12)26(23,24)16-7-8-25(21,22)11-16/h1-6,9-10,16H,7-8,11H2,(H,19,20)/t16-/m0/s1. The lowest BCUT2D eigenvalue weighted by molar-refractivity contribution is 0.102. The number of carbonyl (C=O) groups is 1. The molecule has 0 radical (unpaired) electrons. The molecule has 1 atom stereocenters. The van der Waals surface area contributed by atoms with E-state index in [0.29, 0.717) is 10.7 Å². The number of anilines is 1. The molecular formula is C17H16ClNO5S2. The molecule has 1 aliphatic rings. The van der Waals surface area contributed by atoms with Crippen LogP contribution >= 0.6 is 11.6 Å². The SMILES string of the molecule is O=C(Nc1cccc(Cl)c1)c1cccc(S(=O)(=O)[C@H]2CCS(=O)(=O)C2)c1. The van der Waals surface area contributed by atoms with E-state index in [9.17, 15) is 21.6 Å². The number of amides is 1. The Labute approximate surface area is 157 Å². The molecular weight excluding hydrogens is 398 g/mol. The second-order valence-electron chi connectivity index (χ2n) is 6.06. The van der Waals surface area contributed by atoms with E-state index in [1.165, 1.54) is 24.3 Å². The Morgan fingerprint density at radius 3 is 2.50 bits per heavy atom. The Morgan fingerprint density at radius 1 is 1.12 bits per heavy atom. The minimum absolute atomic E-state index is 0.0571. The lowest BCUT2D eigenvalue weighted by Gasteiger charge is -2.11. The highest BCUT2D eigenvalue weighted by Gasteiger charge is 2.38. The van der Waals surface area contributed by atoms with E-state index in [2.05, 4.69) is 5.32 Å². The number of sulfone groups is 2. The van der Waals surface area contributed by atoms with Gasteiger partial charge < -0.3 is 5.32 Å². The van der Waals surface area contributed by atoms with Gasteiger partial charge in [-0.15, -0.1) is 0 Å². The molecule has 0 aliphatic carbocycles. The molecule has 1 amide bonds. The summed E-state index contributed by atoms with van der Waals surface area (Å²) < 4.78 is 48.5. The summed E-state index contributed by atoms with van der Waals surface area (Å²) in [6.07, 6.45) is 0.0730. The van der Waals surface area contributed by atoms with Crippen LogP contribution in [0.4, 0.5) is 5.69 Å². The molecule has 26 heavy (non-hydrogen) atoms. The predicted molar refractivity (Wildman–Crippen MR) is 100 cm³/mol. The van der Waals surface area contributed by atoms with Crippen molar-refractivity contribution in [3.05, 3.63) is 59.1 Å². The van der Waals surface area contributed by atoms with E-state index >= 15 is 0 Å². The molecule has 1 saturated heterocycles. The van der Waals surface area contributed by atoms with Crippen molar-refractivity contribution in [1.29, 1.82) is 0 Å². The Balaban J connectivity index is 1.85. The van der Waals surface area contributed by atoms with Crippen molar-refractivity contribution < 1.29 is 21.6 Å². The second kappa shape index (κ2) is 7.02. The van der Waals surface area contributed by atoms with Crippen LogP contribution in [-0.2, 0) is 19.7 Å². The number of rotatable bonds is 4. The Morgan fingerprint density at radius 2 is 1.85 bits per heavy atom. The first kappa shape index (κ1) is 18.9. The molecule has 1 heterocycles. The number of halogens is 1. The fraction of sp³-hybridized carbons (Fsp3) is 0.235. The van der Waals surface area contributed by atoms with Gasteiger partial charge in [0.25, 0.3) is 5.91 Å². The number of hydrogen-bond donors (Lipinski definition) is 1. The normalized spacial score (nSPS) is 19.2. The third-order valence-electron chi connectivity index (χ3n) is 4.14. The summed E-state index contributed by atoms with van der Waals surface area (Å²) in [5.41, 5.74) is 0.643. The van der Waals surface area contributed by atoms with Crippen LogP contribution < -0.4 is 5.32 Å². The molecule has 1 N–H and O–H groups in total. The van der Waals surface area contributed by atoms with Crippen molar-refractivity contribution in [1.82, 2.24) is 0 Å². The highest BCUT2D eigenvalue weighted by atomic mass is 35.5. The van der Waals surface area contributed by atoms with E-state index in [0.717, 1.165) is 0 Å². The molecule has 9 heteroatoms. The predicted octanol–water partition coefficient (Wildman–Crippen LogP) is 2.55. The molecule has 2 aromatic carbocycles. The van der Waals surface area contributed by atoms with Crippen LogP contribution in [0.2, 0.25) is 5.02 Å². The fourth-order valence-corrected chi connectivity index (χ4v) is 7.38. The van der Waals surface area contributed by atoms with Crippen LogP contribution in [0, 0.1) is 0 Å². The van der Waals surface area contributed by atoms with Gasteiger partial charge in [-0.25, -0.2) is 16.8 Å². The molecule has 0 unspecified atom stereocenters. The van der Waals surface area contributed by atoms with Crippen molar-refractivity contribution in [2.75, 3.05) is 16.8 Å². The molecule has 2 aromatic rings. The minimum atomic E-state index is -3.83. The fourth-order valence-electron chi connectivity index (χ4n) is 2.78. The minimum Gasteiger partial charge on any atom is -0.322 e. The molecule has 0 spiro atoms. The van der Waals surface area contributed by atoms with Crippen LogP contribution in [0.25, 0.3) is 0 Å². The summed E-state index contributed by atoms with van der Waals surface area (Å²) in [4.78, 5) is 12.3.